The van der Waals surface area contributed by atoms with E-state index in [1.807, 2.05) is 0 Å². The van der Waals surface area contributed by atoms with Crippen LogP contribution in [0.3, 0.4) is 0 Å². The van der Waals surface area contributed by atoms with Gasteiger partial charge in [-0.1, -0.05) is 0 Å². The molecule has 0 aliphatic heterocycles. The van der Waals surface area contributed by atoms with Crippen molar-refractivity contribution in [1.29, 1.82) is 0 Å². The van der Waals surface area contributed by atoms with Crippen molar-refractivity contribution >= 4 is 21.7 Å². The molecule has 0 aliphatic carbocycles. The van der Waals surface area contributed by atoms with E-state index in [1.165, 1.54) is 0 Å². The molecular formula is C11H8BrF5O2. The highest BCUT2D eigenvalue weighted by Gasteiger charge is 2.27. The van der Waals surface area contributed by atoms with Crippen LogP contribution < -0.4 is 0 Å². The van der Waals surface area contributed by atoms with Gasteiger partial charge >= 0.3 is 6.18 Å². The van der Waals surface area contributed by atoms with Gasteiger partial charge in [-0.15, -0.1) is 0 Å². The largest absolute Gasteiger partial charge is 0.411 e. The number of benzene rings is 1. The van der Waals surface area contributed by atoms with Crippen molar-refractivity contribution in [1.82, 2.24) is 0 Å². The number of carbonyl (C=O) groups is 1. The summed E-state index contributed by atoms with van der Waals surface area (Å²) < 4.78 is 66.1. The molecule has 0 amide bonds. The molecule has 0 saturated carbocycles. The molecule has 0 heterocycles. The van der Waals surface area contributed by atoms with Crippen molar-refractivity contribution < 1.29 is 31.5 Å². The molecule has 0 N–H and O–H groups in total. The summed E-state index contributed by atoms with van der Waals surface area (Å²) in [4.78, 5) is 11.5. The van der Waals surface area contributed by atoms with Crippen LogP contribution in [-0.2, 0) is 4.74 Å². The van der Waals surface area contributed by atoms with E-state index >= 15 is 0 Å². The summed E-state index contributed by atoms with van der Waals surface area (Å²) in [5, 5.41) is 0. The minimum absolute atomic E-state index is 0.103. The zero-order chi connectivity index (χ0) is 14.6. The SMILES string of the molecule is O=C(CCOCC(F)(F)F)c1c(F)ccc(Br)c1F. The van der Waals surface area contributed by atoms with Gasteiger partial charge in [0.05, 0.1) is 16.6 Å². The maximum Gasteiger partial charge on any atom is 0.411 e. The Hall–Kier alpha value is -1.02. The van der Waals surface area contributed by atoms with Gasteiger partial charge in [-0.2, -0.15) is 13.2 Å². The van der Waals surface area contributed by atoms with Crippen molar-refractivity contribution in [3.05, 3.63) is 33.8 Å². The summed E-state index contributed by atoms with van der Waals surface area (Å²) >= 11 is 2.78. The predicted molar refractivity (Wildman–Crippen MR) is 59.9 cm³/mol. The summed E-state index contributed by atoms with van der Waals surface area (Å²) in [6.07, 6.45) is -5.05. The topological polar surface area (TPSA) is 26.3 Å². The Kier molecular flexibility index (Phi) is 5.42. The molecule has 0 fully saturated rings. The van der Waals surface area contributed by atoms with Gasteiger partial charge in [-0.05, 0) is 28.1 Å². The van der Waals surface area contributed by atoms with E-state index in [0.717, 1.165) is 12.1 Å². The third kappa shape index (κ3) is 4.87. The molecule has 1 rings (SSSR count). The van der Waals surface area contributed by atoms with Crippen molar-refractivity contribution in [2.45, 2.75) is 12.6 Å². The van der Waals surface area contributed by atoms with E-state index in [9.17, 15) is 26.7 Å². The zero-order valence-corrected chi connectivity index (χ0v) is 10.9. The number of Topliss-reactive ketones (excluding diaryl/α,β-unsaturated/α-hetero) is 1. The smallest absolute Gasteiger partial charge is 0.372 e. The van der Waals surface area contributed by atoms with Gasteiger partial charge in [0.2, 0.25) is 0 Å². The summed E-state index contributed by atoms with van der Waals surface area (Å²) in [5.41, 5.74) is -0.787. The van der Waals surface area contributed by atoms with E-state index < -0.39 is 48.8 Å². The fourth-order valence-corrected chi connectivity index (χ4v) is 1.59. The van der Waals surface area contributed by atoms with Gasteiger partial charge in [0.15, 0.2) is 11.6 Å². The van der Waals surface area contributed by atoms with Crippen LogP contribution in [0.1, 0.15) is 16.8 Å². The fraction of sp³-hybridized carbons (Fsp3) is 0.364. The molecule has 2 nitrogen and oxygen atoms in total. The Balaban J connectivity index is 2.62. The molecule has 0 spiro atoms. The Morgan fingerprint density at radius 2 is 1.89 bits per heavy atom. The highest BCUT2D eigenvalue weighted by atomic mass is 79.9. The molecule has 0 aliphatic rings. The highest BCUT2D eigenvalue weighted by Crippen LogP contribution is 2.23. The molecule has 19 heavy (non-hydrogen) atoms. The third-order valence-electron chi connectivity index (χ3n) is 2.06. The maximum atomic E-state index is 13.5. The lowest BCUT2D eigenvalue weighted by Crippen LogP contribution is -2.18. The summed E-state index contributed by atoms with van der Waals surface area (Å²) in [5.74, 6) is -3.11. The normalized spacial score (nSPS) is 11.7. The molecular weight excluding hydrogens is 339 g/mol. The number of alkyl halides is 3. The molecule has 0 radical (unpaired) electrons. The average Bonchev–Trinajstić information content (AvgIpc) is 2.29. The van der Waals surface area contributed by atoms with Crippen molar-refractivity contribution in [3.8, 4) is 0 Å². The lowest BCUT2D eigenvalue weighted by atomic mass is 10.1. The van der Waals surface area contributed by atoms with E-state index in [1.54, 1.807) is 0 Å². The number of ketones is 1. The molecule has 1 aromatic carbocycles. The summed E-state index contributed by atoms with van der Waals surface area (Å²) in [6.45, 7) is -2.08. The second-order valence-corrected chi connectivity index (χ2v) is 4.41. The fourth-order valence-electron chi connectivity index (χ4n) is 1.26. The minimum atomic E-state index is -4.50. The van der Waals surface area contributed by atoms with Crippen LogP contribution in [0.25, 0.3) is 0 Å². The van der Waals surface area contributed by atoms with Crippen LogP contribution in [-0.4, -0.2) is 25.2 Å². The molecule has 0 bridgehead atoms. The summed E-state index contributed by atoms with van der Waals surface area (Å²) in [7, 11) is 0. The van der Waals surface area contributed by atoms with Gasteiger partial charge in [0.1, 0.15) is 12.4 Å². The van der Waals surface area contributed by atoms with Crippen LogP contribution in [0.4, 0.5) is 22.0 Å². The third-order valence-corrected chi connectivity index (χ3v) is 2.67. The first kappa shape index (κ1) is 16.0. The highest BCUT2D eigenvalue weighted by molar-refractivity contribution is 9.10. The first-order valence-corrected chi connectivity index (χ1v) is 5.83. The summed E-state index contributed by atoms with van der Waals surface area (Å²) in [6, 6.07) is 1.97. The Morgan fingerprint density at radius 1 is 1.26 bits per heavy atom. The molecule has 0 saturated heterocycles. The monoisotopic (exact) mass is 346 g/mol. The molecule has 1 aromatic rings. The van der Waals surface area contributed by atoms with Gasteiger partial charge in [-0.25, -0.2) is 8.78 Å². The average molecular weight is 347 g/mol. The maximum absolute atomic E-state index is 13.5. The van der Waals surface area contributed by atoms with Gasteiger partial charge in [-0.3, -0.25) is 4.79 Å². The van der Waals surface area contributed by atoms with Crippen LogP contribution in [0.5, 0.6) is 0 Å². The molecule has 8 heteroatoms. The van der Waals surface area contributed by atoms with E-state index in [-0.39, 0.29) is 4.47 Å². The Morgan fingerprint density at radius 3 is 2.47 bits per heavy atom. The predicted octanol–water partition coefficient (Wildman–Crippen LogP) is 3.88. The second kappa shape index (κ2) is 6.42. The van der Waals surface area contributed by atoms with Crippen LogP contribution in [0, 0.1) is 11.6 Å². The number of carbonyl (C=O) groups excluding carboxylic acids is 1. The van der Waals surface area contributed by atoms with E-state index in [0.29, 0.717) is 0 Å². The zero-order valence-electron chi connectivity index (χ0n) is 9.36. The van der Waals surface area contributed by atoms with Crippen molar-refractivity contribution in [2.24, 2.45) is 0 Å². The molecule has 0 aromatic heterocycles. The van der Waals surface area contributed by atoms with Gasteiger partial charge in [0.25, 0.3) is 0 Å². The van der Waals surface area contributed by atoms with Crippen LogP contribution in [0.2, 0.25) is 0 Å². The minimum Gasteiger partial charge on any atom is -0.372 e. The van der Waals surface area contributed by atoms with Crippen molar-refractivity contribution in [2.75, 3.05) is 13.2 Å². The van der Waals surface area contributed by atoms with E-state index in [2.05, 4.69) is 20.7 Å². The number of ether oxygens (including phenoxy) is 1. The van der Waals surface area contributed by atoms with Gasteiger partial charge in [0, 0.05) is 6.42 Å². The Bertz CT molecular complexity index is 473. The first-order chi connectivity index (χ1) is 8.72. The number of halogens is 6. The Labute approximate surface area is 113 Å². The lowest BCUT2D eigenvalue weighted by Gasteiger charge is -2.08. The molecule has 106 valence electrons. The molecule has 0 unspecified atom stereocenters. The number of hydrogen-bond donors (Lipinski definition) is 0. The second-order valence-electron chi connectivity index (χ2n) is 3.56. The molecule has 0 atom stereocenters. The number of hydrogen-bond acceptors (Lipinski definition) is 2. The lowest BCUT2D eigenvalue weighted by molar-refractivity contribution is -0.173. The van der Waals surface area contributed by atoms with Crippen LogP contribution >= 0.6 is 15.9 Å². The van der Waals surface area contributed by atoms with E-state index in [4.69, 9.17) is 0 Å². The first-order valence-electron chi connectivity index (χ1n) is 5.03. The quantitative estimate of drug-likeness (QED) is 0.350. The van der Waals surface area contributed by atoms with Crippen LogP contribution in [0.15, 0.2) is 16.6 Å². The van der Waals surface area contributed by atoms with Crippen molar-refractivity contribution in [3.63, 3.8) is 0 Å². The van der Waals surface area contributed by atoms with Gasteiger partial charge < -0.3 is 4.74 Å². The number of rotatable bonds is 5. The standard InChI is InChI=1S/C11H8BrF5O2/c12-6-1-2-7(13)9(10(6)14)8(18)3-4-19-5-11(15,16)17/h1-2H,3-5H2.